The first-order chi connectivity index (χ1) is 8.34. The van der Waals surface area contributed by atoms with Crippen LogP contribution in [0.3, 0.4) is 0 Å². The summed E-state index contributed by atoms with van der Waals surface area (Å²) in [6.45, 7) is 3.39. The van der Waals surface area contributed by atoms with Gasteiger partial charge in [0.15, 0.2) is 11.9 Å². The zero-order chi connectivity index (χ0) is 13.5. The summed E-state index contributed by atoms with van der Waals surface area (Å²) in [7, 11) is 1.26. The number of fused-ring (bicyclic) bond motifs is 1. The van der Waals surface area contributed by atoms with Gasteiger partial charge in [-0.2, -0.15) is 0 Å². The Bertz CT molecular complexity index is 364. The minimum Gasteiger partial charge on any atom is -0.479 e. The van der Waals surface area contributed by atoms with Crippen LogP contribution in [-0.2, 0) is 28.5 Å². The van der Waals surface area contributed by atoms with Gasteiger partial charge in [0.2, 0.25) is 0 Å². The largest absolute Gasteiger partial charge is 0.479 e. The highest BCUT2D eigenvalue weighted by Gasteiger charge is 2.57. The van der Waals surface area contributed by atoms with Crippen molar-refractivity contribution in [3.63, 3.8) is 0 Å². The number of aliphatic carboxylic acids is 1. The maximum Gasteiger partial charge on any atom is 0.335 e. The number of ether oxygens (including phenoxy) is 4. The zero-order valence-electron chi connectivity index (χ0n) is 10.4. The van der Waals surface area contributed by atoms with Gasteiger partial charge in [-0.15, -0.1) is 0 Å². The predicted molar refractivity (Wildman–Crippen MR) is 56.8 cm³/mol. The standard InChI is InChI=1S/C11H16O7/c1-11(2)17-7-5(4-6(12)15-3)16-9(10(13)14)8(7)18-11/h5,7-9H,4H2,1-3H3,(H,13,14)/t5-,7-,8-,9-/m0/s1. The Labute approximate surface area is 104 Å². The summed E-state index contributed by atoms with van der Waals surface area (Å²) >= 11 is 0. The molecule has 2 aliphatic rings. The summed E-state index contributed by atoms with van der Waals surface area (Å²) < 4.78 is 21.0. The predicted octanol–water partition coefficient (Wildman–Crippen LogP) is -0.0784. The first-order valence-corrected chi connectivity index (χ1v) is 5.65. The molecule has 18 heavy (non-hydrogen) atoms. The Morgan fingerprint density at radius 1 is 1.28 bits per heavy atom. The summed E-state index contributed by atoms with van der Waals surface area (Å²) in [6, 6.07) is 0. The number of methoxy groups -OCH3 is 1. The van der Waals surface area contributed by atoms with Crippen LogP contribution in [0.4, 0.5) is 0 Å². The van der Waals surface area contributed by atoms with E-state index < -0.39 is 42.1 Å². The lowest BCUT2D eigenvalue weighted by molar-refractivity contribution is -0.196. The summed E-state index contributed by atoms with van der Waals surface area (Å²) in [5, 5.41) is 9.06. The van der Waals surface area contributed by atoms with E-state index in [1.54, 1.807) is 13.8 Å². The van der Waals surface area contributed by atoms with Gasteiger partial charge in [-0.05, 0) is 13.8 Å². The third kappa shape index (κ3) is 2.33. The number of carbonyl (C=O) groups is 2. The minimum absolute atomic E-state index is 0.0547. The summed E-state index contributed by atoms with van der Waals surface area (Å²) in [5.74, 6) is -2.47. The van der Waals surface area contributed by atoms with Crippen LogP contribution >= 0.6 is 0 Å². The van der Waals surface area contributed by atoms with Crippen LogP contribution in [0, 0.1) is 0 Å². The molecule has 0 amide bonds. The van der Waals surface area contributed by atoms with Gasteiger partial charge in [-0.25, -0.2) is 4.79 Å². The van der Waals surface area contributed by atoms with Gasteiger partial charge >= 0.3 is 11.9 Å². The number of rotatable bonds is 3. The van der Waals surface area contributed by atoms with Crippen molar-refractivity contribution in [2.45, 2.75) is 50.5 Å². The molecular weight excluding hydrogens is 244 g/mol. The number of hydrogen-bond donors (Lipinski definition) is 1. The van der Waals surface area contributed by atoms with E-state index in [4.69, 9.17) is 19.3 Å². The fraction of sp³-hybridized carbons (Fsp3) is 0.818. The normalized spacial score (nSPS) is 37.3. The first-order valence-electron chi connectivity index (χ1n) is 5.65. The van der Waals surface area contributed by atoms with E-state index in [0.29, 0.717) is 0 Å². The van der Waals surface area contributed by atoms with Crippen molar-refractivity contribution < 1.29 is 33.6 Å². The van der Waals surface area contributed by atoms with E-state index in [1.165, 1.54) is 7.11 Å². The molecule has 0 saturated carbocycles. The molecule has 7 nitrogen and oxygen atoms in total. The molecule has 102 valence electrons. The molecule has 2 rings (SSSR count). The fourth-order valence-electron chi connectivity index (χ4n) is 2.29. The second-order valence-electron chi connectivity index (χ2n) is 4.78. The maximum absolute atomic E-state index is 11.2. The van der Waals surface area contributed by atoms with Crippen LogP contribution in [0.25, 0.3) is 0 Å². The molecule has 4 atom stereocenters. The average molecular weight is 260 g/mol. The van der Waals surface area contributed by atoms with Gasteiger partial charge in [-0.3, -0.25) is 4.79 Å². The molecule has 2 fully saturated rings. The van der Waals surface area contributed by atoms with Gasteiger partial charge < -0.3 is 24.1 Å². The molecule has 7 heteroatoms. The van der Waals surface area contributed by atoms with Gasteiger partial charge in [-0.1, -0.05) is 0 Å². The third-order valence-electron chi connectivity index (χ3n) is 2.99. The highest BCUT2D eigenvalue weighted by molar-refractivity contribution is 5.74. The fourth-order valence-corrected chi connectivity index (χ4v) is 2.29. The van der Waals surface area contributed by atoms with Crippen molar-refractivity contribution in [3.8, 4) is 0 Å². The Hall–Kier alpha value is -1.18. The van der Waals surface area contributed by atoms with E-state index >= 15 is 0 Å². The molecule has 0 aromatic heterocycles. The SMILES string of the molecule is COC(=O)C[C@@H]1O[C@H](C(=O)O)[C@H]2OC(C)(C)O[C@H]21. The van der Waals surface area contributed by atoms with Crippen LogP contribution in [0.1, 0.15) is 20.3 Å². The van der Waals surface area contributed by atoms with Gasteiger partial charge in [0.25, 0.3) is 0 Å². The van der Waals surface area contributed by atoms with E-state index in [9.17, 15) is 9.59 Å². The van der Waals surface area contributed by atoms with Crippen molar-refractivity contribution >= 4 is 11.9 Å². The van der Waals surface area contributed by atoms with E-state index in [1.807, 2.05) is 0 Å². The highest BCUT2D eigenvalue weighted by atomic mass is 16.8. The Morgan fingerprint density at radius 3 is 2.44 bits per heavy atom. The lowest BCUT2D eigenvalue weighted by atomic mass is 10.1. The monoisotopic (exact) mass is 260 g/mol. The Morgan fingerprint density at radius 2 is 1.89 bits per heavy atom. The maximum atomic E-state index is 11.2. The summed E-state index contributed by atoms with van der Waals surface area (Å²) in [6.07, 6.45) is -3.11. The van der Waals surface area contributed by atoms with Crippen molar-refractivity contribution in [1.82, 2.24) is 0 Å². The van der Waals surface area contributed by atoms with Crippen molar-refractivity contribution in [3.05, 3.63) is 0 Å². The van der Waals surface area contributed by atoms with Crippen LogP contribution in [0.15, 0.2) is 0 Å². The lowest BCUT2D eigenvalue weighted by Gasteiger charge is -2.22. The molecule has 0 unspecified atom stereocenters. The highest BCUT2D eigenvalue weighted by Crippen LogP contribution is 2.39. The molecule has 0 bridgehead atoms. The second-order valence-corrected chi connectivity index (χ2v) is 4.78. The quantitative estimate of drug-likeness (QED) is 0.709. The minimum atomic E-state index is -1.13. The molecule has 0 aromatic carbocycles. The molecule has 0 radical (unpaired) electrons. The summed E-state index contributed by atoms with van der Waals surface area (Å²) in [5.41, 5.74) is 0. The average Bonchev–Trinajstić information content (AvgIpc) is 2.73. The molecule has 1 N–H and O–H groups in total. The topological polar surface area (TPSA) is 91.3 Å². The molecule has 2 aliphatic heterocycles. The number of esters is 1. The molecule has 2 heterocycles. The Balaban J connectivity index is 2.14. The molecule has 0 aliphatic carbocycles. The van der Waals surface area contributed by atoms with Crippen molar-refractivity contribution in [2.24, 2.45) is 0 Å². The Kier molecular flexibility index (Phi) is 3.31. The third-order valence-corrected chi connectivity index (χ3v) is 2.99. The lowest BCUT2D eigenvalue weighted by Crippen LogP contribution is -2.35. The number of hydrogen-bond acceptors (Lipinski definition) is 6. The molecule has 2 saturated heterocycles. The molecular formula is C11H16O7. The van der Waals surface area contributed by atoms with E-state index in [-0.39, 0.29) is 6.42 Å². The van der Waals surface area contributed by atoms with Gasteiger partial charge in [0, 0.05) is 0 Å². The second kappa shape index (κ2) is 4.49. The summed E-state index contributed by atoms with van der Waals surface area (Å²) in [4.78, 5) is 22.3. The van der Waals surface area contributed by atoms with E-state index in [0.717, 1.165) is 0 Å². The molecule has 0 spiro atoms. The van der Waals surface area contributed by atoms with Crippen LogP contribution in [0.5, 0.6) is 0 Å². The van der Waals surface area contributed by atoms with E-state index in [2.05, 4.69) is 4.74 Å². The zero-order valence-corrected chi connectivity index (χ0v) is 10.4. The first kappa shape index (κ1) is 13.3. The van der Waals surface area contributed by atoms with Crippen LogP contribution in [0.2, 0.25) is 0 Å². The van der Waals surface area contributed by atoms with Crippen LogP contribution < -0.4 is 0 Å². The van der Waals surface area contributed by atoms with Gasteiger partial charge in [0.1, 0.15) is 12.2 Å². The number of carbonyl (C=O) groups excluding carboxylic acids is 1. The molecule has 0 aromatic rings. The number of carboxylic acids is 1. The number of carboxylic acid groups (broad SMARTS) is 1. The van der Waals surface area contributed by atoms with Crippen molar-refractivity contribution in [2.75, 3.05) is 7.11 Å². The van der Waals surface area contributed by atoms with Crippen LogP contribution in [-0.4, -0.2) is 54.4 Å². The van der Waals surface area contributed by atoms with Gasteiger partial charge in [0.05, 0.1) is 19.6 Å². The van der Waals surface area contributed by atoms with Crippen molar-refractivity contribution in [1.29, 1.82) is 0 Å². The smallest absolute Gasteiger partial charge is 0.335 e.